The Kier molecular flexibility index (Phi) is 6.49. The number of H-pyrrole nitrogens is 1. The van der Waals surface area contributed by atoms with Gasteiger partial charge in [-0.2, -0.15) is 5.10 Å². The second kappa shape index (κ2) is 9.82. The summed E-state index contributed by atoms with van der Waals surface area (Å²) in [6.45, 7) is 0.331. The summed E-state index contributed by atoms with van der Waals surface area (Å²) in [5.41, 5.74) is 4.25. The van der Waals surface area contributed by atoms with Crippen LogP contribution in [-0.4, -0.2) is 47.4 Å². The minimum absolute atomic E-state index is 0.280. The molecule has 0 aliphatic rings. The van der Waals surface area contributed by atoms with Crippen LogP contribution in [0, 0.1) is 0 Å². The topological polar surface area (TPSA) is 111 Å². The number of ether oxygens (including phenoxy) is 3. The van der Waals surface area contributed by atoms with Crippen molar-refractivity contribution < 1.29 is 19.0 Å². The quantitative estimate of drug-likeness (QED) is 0.427. The Labute approximate surface area is 190 Å². The summed E-state index contributed by atoms with van der Waals surface area (Å²) < 4.78 is 16.1. The number of nitrogens with zero attached hydrogens (tertiary/aromatic N) is 3. The van der Waals surface area contributed by atoms with Crippen molar-refractivity contribution in [2.75, 3.05) is 21.3 Å². The van der Waals surface area contributed by atoms with Crippen LogP contribution in [0.3, 0.4) is 0 Å². The number of carbonyl (C=O) groups is 1. The molecule has 0 bridgehead atoms. The zero-order valence-corrected chi connectivity index (χ0v) is 18.5. The van der Waals surface area contributed by atoms with Gasteiger partial charge < -0.3 is 19.5 Å². The van der Waals surface area contributed by atoms with E-state index in [0.29, 0.717) is 35.2 Å². The van der Waals surface area contributed by atoms with E-state index in [-0.39, 0.29) is 5.91 Å². The van der Waals surface area contributed by atoms with Crippen molar-refractivity contribution in [3.8, 4) is 39.8 Å². The third-order valence-corrected chi connectivity index (χ3v) is 5.02. The van der Waals surface area contributed by atoms with Crippen LogP contribution < -0.4 is 19.5 Å². The number of methoxy groups -OCH3 is 3. The normalized spacial score (nSPS) is 10.5. The van der Waals surface area contributed by atoms with Crippen LogP contribution in [0.1, 0.15) is 16.1 Å². The number of amides is 1. The third-order valence-electron chi connectivity index (χ3n) is 5.02. The summed E-state index contributed by atoms with van der Waals surface area (Å²) in [5.74, 6) is 1.21. The molecule has 0 atom stereocenters. The van der Waals surface area contributed by atoms with Crippen LogP contribution in [0.5, 0.6) is 17.2 Å². The zero-order chi connectivity index (χ0) is 23.2. The minimum Gasteiger partial charge on any atom is -0.493 e. The number of aromatic amines is 1. The van der Waals surface area contributed by atoms with Gasteiger partial charge in [0.2, 0.25) is 5.75 Å². The van der Waals surface area contributed by atoms with E-state index in [1.165, 1.54) is 0 Å². The summed E-state index contributed by atoms with van der Waals surface area (Å²) in [6.07, 6.45) is 5.21. The maximum Gasteiger partial charge on any atom is 0.269 e. The van der Waals surface area contributed by atoms with Crippen LogP contribution in [-0.2, 0) is 6.54 Å². The molecule has 0 fully saturated rings. The van der Waals surface area contributed by atoms with Gasteiger partial charge in [0.1, 0.15) is 5.69 Å². The molecule has 0 saturated heterocycles. The van der Waals surface area contributed by atoms with Gasteiger partial charge in [-0.3, -0.25) is 19.9 Å². The van der Waals surface area contributed by atoms with Gasteiger partial charge in [0.05, 0.1) is 32.7 Å². The van der Waals surface area contributed by atoms with E-state index >= 15 is 0 Å². The van der Waals surface area contributed by atoms with Gasteiger partial charge in [-0.25, -0.2) is 0 Å². The maximum absolute atomic E-state index is 12.6. The molecule has 33 heavy (non-hydrogen) atoms. The molecule has 0 radical (unpaired) electrons. The van der Waals surface area contributed by atoms with E-state index in [9.17, 15) is 4.79 Å². The van der Waals surface area contributed by atoms with Crippen molar-refractivity contribution in [3.05, 3.63) is 72.3 Å². The molecule has 9 heteroatoms. The van der Waals surface area contributed by atoms with Crippen molar-refractivity contribution in [2.45, 2.75) is 6.54 Å². The van der Waals surface area contributed by atoms with Crippen molar-refractivity contribution in [1.82, 2.24) is 25.5 Å². The van der Waals surface area contributed by atoms with E-state index in [1.807, 2.05) is 24.3 Å². The lowest BCUT2D eigenvalue weighted by atomic mass is 10.1. The SMILES string of the molecule is COc1cc(-c2cc(C(=O)NCc3ccc(-c4cccnc4)nc3)[nH]n2)cc(OC)c1OC. The largest absolute Gasteiger partial charge is 0.493 e. The predicted molar refractivity (Wildman–Crippen MR) is 122 cm³/mol. The number of hydrogen-bond acceptors (Lipinski definition) is 7. The summed E-state index contributed by atoms with van der Waals surface area (Å²) in [7, 11) is 4.63. The standard InChI is InChI=1S/C24H23N5O4/c1-31-21-9-17(10-22(32-2)23(21)33-3)19-11-20(29-28-19)24(30)27-13-15-6-7-18(26-12-15)16-5-4-8-25-14-16/h4-12,14H,13H2,1-3H3,(H,27,30)(H,28,29). The molecular formula is C24H23N5O4. The Morgan fingerprint density at radius 3 is 2.33 bits per heavy atom. The molecule has 0 aliphatic carbocycles. The molecule has 4 rings (SSSR count). The Morgan fingerprint density at radius 2 is 1.73 bits per heavy atom. The average Bonchev–Trinajstić information content (AvgIpc) is 3.37. The molecule has 4 aromatic rings. The molecular weight excluding hydrogens is 422 g/mol. The average molecular weight is 445 g/mol. The first kappa shape index (κ1) is 21.8. The second-order valence-electron chi connectivity index (χ2n) is 7.06. The fourth-order valence-electron chi connectivity index (χ4n) is 3.31. The summed E-state index contributed by atoms with van der Waals surface area (Å²) in [6, 6.07) is 12.8. The van der Waals surface area contributed by atoms with Gasteiger partial charge >= 0.3 is 0 Å². The maximum atomic E-state index is 12.6. The zero-order valence-electron chi connectivity index (χ0n) is 18.5. The first-order valence-electron chi connectivity index (χ1n) is 10.1. The second-order valence-corrected chi connectivity index (χ2v) is 7.06. The highest BCUT2D eigenvalue weighted by molar-refractivity contribution is 5.93. The number of hydrogen-bond donors (Lipinski definition) is 2. The van der Waals surface area contributed by atoms with Crippen LogP contribution in [0.15, 0.2) is 61.1 Å². The lowest BCUT2D eigenvalue weighted by Crippen LogP contribution is -2.23. The Bertz CT molecular complexity index is 1210. The molecule has 0 spiro atoms. The number of benzene rings is 1. The predicted octanol–water partition coefficient (Wildman–Crippen LogP) is 3.49. The number of pyridine rings is 2. The molecule has 168 valence electrons. The fraction of sp³-hybridized carbons (Fsp3) is 0.167. The number of carbonyl (C=O) groups excluding carboxylic acids is 1. The molecule has 9 nitrogen and oxygen atoms in total. The third kappa shape index (κ3) is 4.77. The first-order chi connectivity index (χ1) is 16.1. The monoisotopic (exact) mass is 445 g/mol. The Hall–Kier alpha value is -4.40. The smallest absolute Gasteiger partial charge is 0.269 e. The van der Waals surface area contributed by atoms with Crippen LogP contribution >= 0.6 is 0 Å². The summed E-state index contributed by atoms with van der Waals surface area (Å²) in [4.78, 5) is 21.2. The molecule has 1 amide bonds. The van der Waals surface area contributed by atoms with Crippen molar-refractivity contribution in [1.29, 1.82) is 0 Å². The van der Waals surface area contributed by atoms with Gasteiger partial charge in [0.15, 0.2) is 11.5 Å². The molecule has 3 aromatic heterocycles. The van der Waals surface area contributed by atoms with Gasteiger partial charge in [-0.05, 0) is 42.0 Å². The van der Waals surface area contributed by atoms with Gasteiger partial charge in [-0.15, -0.1) is 0 Å². The van der Waals surface area contributed by atoms with Crippen LogP contribution in [0.4, 0.5) is 0 Å². The Morgan fingerprint density at radius 1 is 0.939 bits per heavy atom. The van der Waals surface area contributed by atoms with E-state index in [2.05, 4.69) is 25.5 Å². The van der Waals surface area contributed by atoms with Gasteiger partial charge in [0.25, 0.3) is 5.91 Å². The highest BCUT2D eigenvalue weighted by atomic mass is 16.5. The van der Waals surface area contributed by atoms with Crippen molar-refractivity contribution in [2.24, 2.45) is 0 Å². The molecule has 0 unspecified atom stereocenters. The Balaban J connectivity index is 1.44. The minimum atomic E-state index is -0.280. The number of rotatable bonds is 8. The van der Waals surface area contributed by atoms with E-state index in [4.69, 9.17) is 14.2 Å². The summed E-state index contributed by atoms with van der Waals surface area (Å²) >= 11 is 0. The molecule has 3 heterocycles. The van der Waals surface area contributed by atoms with Gasteiger partial charge in [0, 0.05) is 36.3 Å². The molecule has 0 saturated carbocycles. The van der Waals surface area contributed by atoms with Crippen LogP contribution in [0.25, 0.3) is 22.5 Å². The van der Waals surface area contributed by atoms with Crippen molar-refractivity contribution in [3.63, 3.8) is 0 Å². The summed E-state index contributed by atoms with van der Waals surface area (Å²) in [5, 5.41) is 9.91. The van der Waals surface area contributed by atoms with E-state index < -0.39 is 0 Å². The molecule has 0 aliphatic heterocycles. The van der Waals surface area contributed by atoms with Crippen molar-refractivity contribution >= 4 is 5.91 Å². The number of aromatic nitrogens is 4. The number of nitrogens with one attached hydrogen (secondary N) is 2. The highest BCUT2D eigenvalue weighted by Gasteiger charge is 2.17. The van der Waals surface area contributed by atoms with Crippen LogP contribution in [0.2, 0.25) is 0 Å². The lowest BCUT2D eigenvalue weighted by molar-refractivity contribution is 0.0946. The van der Waals surface area contributed by atoms with Gasteiger partial charge in [-0.1, -0.05) is 6.07 Å². The molecule has 1 aromatic carbocycles. The highest BCUT2D eigenvalue weighted by Crippen LogP contribution is 2.40. The molecule has 2 N–H and O–H groups in total. The van der Waals surface area contributed by atoms with E-state index in [1.54, 1.807) is 58.1 Å². The lowest BCUT2D eigenvalue weighted by Gasteiger charge is -2.13. The van der Waals surface area contributed by atoms with E-state index in [0.717, 1.165) is 22.4 Å². The fourth-order valence-corrected chi connectivity index (χ4v) is 3.31. The first-order valence-corrected chi connectivity index (χ1v) is 10.1.